The summed E-state index contributed by atoms with van der Waals surface area (Å²) in [7, 11) is 5.04. The summed E-state index contributed by atoms with van der Waals surface area (Å²) in [6.45, 7) is 3.93. The molecule has 0 fully saturated rings. The maximum absolute atomic E-state index is 5.45. The zero-order valence-corrected chi connectivity index (χ0v) is 21.8. The number of benzene rings is 2. The molecule has 0 aliphatic carbocycles. The second-order valence-corrected chi connectivity index (χ2v) is 9.07. The van der Waals surface area contributed by atoms with Crippen molar-refractivity contribution in [1.82, 2.24) is 15.3 Å². The molecule has 0 atom stereocenters. The van der Waals surface area contributed by atoms with Crippen LogP contribution in [0.3, 0.4) is 0 Å². The lowest BCUT2D eigenvalue weighted by atomic mass is 10.0. The second-order valence-electron chi connectivity index (χ2n) is 7.99. The van der Waals surface area contributed by atoms with Gasteiger partial charge in [-0.3, -0.25) is 0 Å². The number of ether oxygens (including phenoxy) is 4. The highest BCUT2D eigenvalue weighted by atomic mass is 32.2. The Hall–Kier alpha value is -2.52. The van der Waals surface area contributed by atoms with E-state index in [4.69, 9.17) is 23.9 Å². The molecule has 1 heterocycles. The quantitative estimate of drug-likeness (QED) is 0.193. The van der Waals surface area contributed by atoms with Gasteiger partial charge in [-0.25, -0.2) is 4.98 Å². The van der Waals surface area contributed by atoms with Crippen molar-refractivity contribution in [3.8, 4) is 34.0 Å². The highest BCUT2D eigenvalue weighted by Crippen LogP contribution is 2.34. The molecule has 35 heavy (non-hydrogen) atoms. The van der Waals surface area contributed by atoms with E-state index in [0.29, 0.717) is 13.2 Å². The lowest BCUT2D eigenvalue weighted by molar-refractivity contribution is 0.0720. The minimum Gasteiger partial charge on any atom is -0.497 e. The summed E-state index contributed by atoms with van der Waals surface area (Å²) in [5.74, 6) is 2.69. The van der Waals surface area contributed by atoms with E-state index in [1.165, 1.54) is 6.42 Å². The van der Waals surface area contributed by atoms with Crippen molar-refractivity contribution < 1.29 is 18.9 Å². The highest BCUT2D eigenvalue weighted by molar-refractivity contribution is 7.99. The Morgan fingerprint density at radius 3 is 2.11 bits per heavy atom. The maximum atomic E-state index is 5.45. The number of unbranched alkanes of at least 4 members (excludes halogenated alkanes) is 2. The number of hydrogen-bond donors (Lipinski definition) is 2. The van der Waals surface area contributed by atoms with Crippen LogP contribution in [0, 0.1) is 0 Å². The number of imidazole rings is 1. The number of hydrogen-bond acceptors (Lipinski definition) is 7. The molecule has 0 spiro atoms. The molecule has 7 nitrogen and oxygen atoms in total. The van der Waals surface area contributed by atoms with Gasteiger partial charge in [0.15, 0.2) is 5.16 Å². The van der Waals surface area contributed by atoms with Crippen molar-refractivity contribution in [2.45, 2.75) is 24.4 Å². The number of methoxy groups -OCH3 is 3. The van der Waals surface area contributed by atoms with Crippen LogP contribution in [0.15, 0.2) is 53.7 Å². The molecule has 0 aliphatic heterocycles. The maximum Gasteiger partial charge on any atom is 0.166 e. The Bertz CT molecular complexity index is 912. The summed E-state index contributed by atoms with van der Waals surface area (Å²) >= 11 is 1.77. The molecule has 0 unspecified atom stereocenters. The highest BCUT2D eigenvalue weighted by Gasteiger charge is 2.15. The topological polar surface area (TPSA) is 77.6 Å². The van der Waals surface area contributed by atoms with Gasteiger partial charge in [-0.05, 0) is 67.9 Å². The number of aromatic nitrogens is 2. The Kier molecular flexibility index (Phi) is 12.0. The zero-order valence-electron chi connectivity index (χ0n) is 21.0. The summed E-state index contributed by atoms with van der Waals surface area (Å²) in [6.07, 6.45) is 3.49. The Balaban J connectivity index is 1.51. The van der Waals surface area contributed by atoms with Crippen LogP contribution < -0.4 is 14.8 Å². The normalized spacial score (nSPS) is 11.1. The van der Waals surface area contributed by atoms with Gasteiger partial charge in [0.1, 0.15) is 11.5 Å². The van der Waals surface area contributed by atoms with Crippen LogP contribution in [0.4, 0.5) is 0 Å². The molecule has 1 aromatic heterocycles. The minimum absolute atomic E-state index is 0.649. The van der Waals surface area contributed by atoms with Gasteiger partial charge in [-0.1, -0.05) is 18.2 Å². The number of nitrogens with one attached hydrogen (secondary N) is 2. The molecule has 2 aromatic carbocycles. The van der Waals surface area contributed by atoms with E-state index in [1.54, 1.807) is 33.1 Å². The van der Waals surface area contributed by atoms with Gasteiger partial charge in [-0.2, -0.15) is 0 Å². The molecule has 2 N–H and O–H groups in total. The molecular weight excluding hydrogens is 462 g/mol. The third-order valence-electron chi connectivity index (χ3n) is 5.52. The molecule has 0 radical (unpaired) electrons. The Morgan fingerprint density at radius 2 is 1.46 bits per heavy atom. The Morgan fingerprint density at radius 1 is 0.771 bits per heavy atom. The molecule has 3 aromatic rings. The molecule has 3 rings (SSSR count). The van der Waals surface area contributed by atoms with Crippen molar-refractivity contribution in [3.63, 3.8) is 0 Å². The van der Waals surface area contributed by atoms with Gasteiger partial charge in [0.05, 0.1) is 45.4 Å². The predicted octanol–water partition coefficient (Wildman–Crippen LogP) is 5.28. The van der Waals surface area contributed by atoms with Gasteiger partial charge in [0, 0.05) is 30.5 Å². The van der Waals surface area contributed by atoms with Crippen LogP contribution in [-0.4, -0.2) is 70.0 Å². The van der Waals surface area contributed by atoms with Crippen molar-refractivity contribution in [1.29, 1.82) is 0 Å². The van der Waals surface area contributed by atoms with Crippen LogP contribution in [-0.2, 0) is 9.47 Å². The summed E-state index contributed by atoms with van der Waals surface area (Å²) in [6, 6.07) is 16.1. The first-order valence-electron chi connectivity index (χ1n) is 12.0. The minimum atomic E-state index is 0.649. The standard InChI is InChI=1S/C27H37N3O4S/c1-31-18-19-34-17-16-28-15-5-4-6-20-35-27-29-25(21-7-11-23(32-2)12-8-21)26(30-27)22-9-13-24(33-3)14-10-22/h7-14,28H,4-6,15-20H2,1-3H3,(H,29,30). The van der Waals surface area contributed by atoms with Crippen molar-refractivity contribution in [3.05, 3.63) is 48.5 Å². The van der Waals surface area contributed by atoms with Gasteiger partial charge in [0.25, 0.3) is 0 Å². The summed E-state index contributed by atoms with van der Waals surface area (Å²) in [5.41, 5.74) is 4.08. The van der Waals surface area contributed by atoms with Gasteiger partial charge in [0.2, 0.25) is 0 Å². The molecule has 0 aliphatic rings. The smallest absolute Gasteiger partial charge is 0.166 e. The van der Waals surface area contributed by atoms with Crippen LogP contribution in [0.2, 0.25) is 0 Å². The first-order chi connectivity index (χ1) is 17.2. The fourth-order valence-corrected chi connectivity index (χ4v) is 4.43. The number of H-pyrrole nitrogens is 1. The summed E-state index contributed by atoms with van der Waals surface area (Å²) < 4.78 is 21.1. The van der Waals surface area contributed by atoms with E-state index in [-0.39, 0.29) is 0 Å². The largest absolute Gasteiger partial charge is 0.497 e. The van der Waals surface area contributed by atoms with Crippen molar-refractivity contribution in [2.24, 2.45) is 0 Å². The molecule has 190 valence electrons. The summed E-state index contributed by atoms with van der Waals surface area (Å²) in [5, 5.41) is 4.36. The fraction of sp³-hybridized carbons (Fsp3) is 0.444. The molecular formula is C27H37N3O4S. The number of thioether (sulfide) groups is 1. The van der Waals surface area contributed by atoms with Gasteiger partial charge in [-0.15, -0.1) is 0 Å². The van der Waals surface area contributed by atoms with Crippen molar-refractivity contribution >= 4 is 11.8 Å². The molecule has 0 saturated heterocycles. The van der Waals surface area contributed by atoms with E-state index in [2.05, 4.69) is 22.4 Å². The SMILES string of the molecule is COCCOCCNCCCCCSc1nc(-c2ccc(OC)cc2)c(-c2ccc(OC)cc2)[nH]1. The van der Waals surface area contributed by atoms with Gasteiger partial charge >= 0.3 is 0 Å². The van der Waals surface area contributed by atoms with Crippen molar-refractivity contribution in [2.75, 3.05) is 60.0 Å². The number of nitrogens with zero attached hydrogens (tertiary/aromatic N) is 1. The van der Waals surface area contributed by atoms with Crippen LogP contribution in [0.25, 0.3) is 22.5 Å². The monoisotopic (exact) mass is 499 g/mol. The lowest BCUT2D eigenvalue weighted by Gasteiger charge is -2.06. The fourth-order valence-electron chi connectivity index (χ4n) is 3.56. The third kappa shape index (κ3) is 8.89. The van der Waals surface area contributed by atoms with E-state index >= 15 is 0 Å². The Labute approximate surface area is 212 Å². The van der Waals surface area contributed by atoms with Gasteiger partial charge < -0.3 is 29.2 Å². The van der Waals surface area contributed by atoms with Crippen LogP contribution in [0.1, 0.15) is 19.3 Å². The predicted molar refractivity (Wildman–Crippen MR) is 143 cm³/mol. The van der Waals surface area contributed by atoms with E-state index < -0.39 is 0 Å². The van der Waals surface area contributed by atoms with E-state index in [0.717, 1.165) is 77.5 Å². The zero-order chi connectivity index (χ0) is 24.7. The average Bonchev–Trinajstić information content (AvgIpc) is 3.33. The second kappa shape index (κ2) is 15.5. The van der Waals surface area contributed by atoms with E-state index in [9.17, 15) is 0 Å². The molecule has 8 heteroatoms. The lowest BCUT2D eigenvalue weighted by Crippen LogP contribution is -2.21. The summed E-state index contributed by atoms with van der Waals surface area (Å²) in [4.78, 5) is 8.49. The van der Waals surface area contributed by atoms with E-state index in [1.807, 2.05) is 36.4 Å². The van der Waals surface area contributed by atoms with Crippen LogP contribution in [0.5, 0.6) is 11.5 Å². The molecule has 0 bridgehead atoms. The number of rotatable bonds is 17. The molecule has 0 amide bonds. The average molecular weight is 500 g/mol. The third-order valence-corrected chi connectivity index (χ3v) is 6.48. The first kappa shape index (κ1) is 27.1. The first-order valence-corrected chi connectivity index (χ1v) is 13.0. The van der Waals surface area contributed by atoms with Crippen LogP contribution >= 0.6 is 11.8 Å². The number of aromatic amines is 1. The molecule has 0 saturated carbocycles.